The molecule has 3 aromatic rings. The molecule has 0 fully saturated rings. The molecule has 0 saturated heterocycles. The van der Waals surface area contributed by atoms with Crippen LogP contribution < -0.4 is 0 Å². The van der Waals surface area contributed by atoms with E-state index in [1.807, 2.05) is 36.7 Å². The van der Waals surface area contributed by atoms with Crippen LogP contribution in [0.2, 0.25) is 0 Å². The molecule has 0 amide bonds. The average Bonchev–Trinajstić information content (AvgIpc) is 2.87. The highest BCUT2D eigenvalue weighted by Crippen LogP contribution is 2.20. The Kier molecular flexibility index (Phi) is 1.80. The first-order chi connectivity index (χ1) is 7.75. The van der Waals surface area contributed by atoms with Crippen LogP contribution in [0.3, 0.4) is 0 Å². The summed E-state index contributed by atoms with van der Waals surface area (Å²) in [7, 11) is 1.96. The van der Waals surface area contributed by atoms with Crippen LogP contribution in [0, 0.1) is 6.92 Å². The number of hydrogen-bond acceptors (Lipinski definition) is 3. The van der Waals surface area contributed by atoms with Crippen molar-refractivity contribution in [1.29, 1.82) is 0 Å². The molecule has 0 radical (unpaired) electrons. The first-order valence-corrected chi connectivity index (χ1v) is 5.05. The fourth-order valence-corrected chi connectivity index (χ4v) is 1.78. The monoisotopic (exact) mass is 213 g/mol. The van der Waals surface area contributed by atoms with Gasteiger partial charge in [0.1, 0.15) is 11.2 Å². The number of nitrogens with one attached hydrogen (secondary N) is 1. The van der Waals surface area contributed by atoms with E-state index < -0.39 is 0 Å². The quantitative estimate of drug-likeness (QED) is 0.668. The summed E-state index contributed by atoms with van der Waals surface area (Å²) in [5.41, 5.74) is 3.69. The lowest BCUT2D eigenvalue weighted by atomic mass is 10.3. The topological polar surface area (TPSA) is 59.4 Å². The molecular formula is C11H11N5. The fraction of sp³-hybridized carbons (Fsp3) is 0.182. The highest BCUT2D eigenvalue weighted by atomic mass is 15.2. The lowest BCUT2D eigenvalue weighted by molar-refractivity contribution is 0.925. The summed E-state index contributed by atoms with van der Waals surface area (Å²) in [6.07, 6.45) is 1.72. The molecule has 0 bridgehead atoms. The van der Waals surface area contributed by atoms with Crippen LogP contribution in [0.5, 0.6) is 0 Å². The fourth-order valence-electron chi connectivity index (χ4n) is 1.78. The zero-order chi connectivity index (χ0) is 11.1. The van der Waals surface area contributed by atoms with E-state index in [9.17, 15) is 0 Å². The van der Waals surface area contributed by atoms with Crippen molar-refractivity contribution < 1.29 is 0 Å². The third-order valence-electron chi connectivity index (χ3n) is 2.60. The molecule has 5 nitrogen and oxygen atoms in total. The predicted molar refractivity (Wildman–Crippen MR) is 60.8 cm³/mol. The molecule has 0 saturated carbocycles. The summed E-state index contributed by atoms with van der Waals surface area (Å²) in [6, 6.07) is 5.84. The zero-order valence-corrected chi connectivity index (χ0v) is 9.10. The highest BCUT2D eigenvalue weighted by Gasteiger charge is 2.11. The zero-order valence-electron chi connectivity index (χ0n) is 9.10. The highest BCUT2D eigenvalue weighted by molar-refractivity contribution is 5.76. The van der Waals surface area contributed by atoms with Gasteiger partial charge in [-0.2, -0.15) is 5.10 Å². The molecule has 0 atom stereocenters. The molecule has 0 unspecified atom stereocenters. The van der Waals surface area contributed by atoms with Gasteiger partial charge < -0.3 is 4.57 Å². The van der Waals surface area contributed by atoms with Crippen molar-refractivity contribution >= 4 is 11.2 Å². The van der Waals surface area contributed by atoms with E-state index in [0.717, 1.165) is 28.4 Å². The third kappa shape index (κ3) is 1.21. The van der Waals surface area contributed by atoms with Crippen LogP contribution in [0.4, 0.5) is 0 Å². The smallest absolute Gasteiger partial charge is 0.160 e. The second-order valence-corrected chi connectivity index (χ2v) is 3.76. The molecule has 0 aliphatic rings. The van der Waals surface area contributed by atoms with Crippen LogP contribution in [-0.4, -0.2) is 24.7 Å². The lowest BCUT2D eigenvalue weighted by Gasteiger charge is -1.98. The van der Waals surface area contributed by atoms with E-state index in [1.54, 1.807) is 6.20 Å². The molecule has 0 aliphatic carbocycles. The van der Waals surface area contributed by atoms with Crippen molar-refractivity contribution in [3.05, 3.63) is 30.1 Å². The van der Waals surface area contributed by atoms with Crippen molar-refractivity contribution in [1.82, 2.24) is 24.7 Å². The Bertz CT molecular complexity index is 636. The Morgan fingerprint density at radius 2 is 2.06 bits per heavy atom. The van der Waals surface area contributed by atoms with Gasteiger partial charge in [-0.1, -0.05) is 0 Å². The number of aromatic nitrogens is 5. The Hall–Kier alpha value is -2.17. The molecule has 3 aromatic heterocycles. The van der Waals surface area contributed by atoms with E-state index in [4.69, 9.17) is 0 Å². The molecule has 3 rings (SSSR count). The van der Waals surface area contributed by atoms with Crippen molar-refractivity contribution in [3.63, 3.8) is 0 Å². The number of imidazole rings is 1. The second kappa shape index (κ2) is 3.16. The number of H-pyrrole nitrogens is 1. The molecular weight excluding hydrogens is 202 g/mol. The maximum atomic E-state index is 4.53. The third-order valence-corrected chi connectivity index (χ3v) is 2.60. The van der Waals surface area contributed by atoms with Crippen LogP contribution in [0.1, 0.15) is 5.69 Å². The first-order valence-electron chi connectivity index (χ1n) is 5.05. The second-order valence-electron chi connectivity index (χ2n) is 3.76. The van der Waals surface area contributed by atoms with Gasteiger partial charge in [-0.3, -0.25) is 5.10 Å². The van der Waals surface area contributed by atoms with Crippen molar-refractivity contribution in [2.24, 2.45) is 7.05 Å². The Morgan fingerprint density at radius 3 is 2.81 bits per heavy atom. The summed E-state index contributed by atoms with van der Waals surface area (Å²) in [6.45, 7) is 1.97. The average molecular weight is 213 g/mol. The first kappa shape index (κ1) is 9.08. The number of pyridine rings is 1. The molecule has 3 heterocycles. The summed E-state index contributed by atoms with van der Waals surface area (Å²) in [4.78, 5) is 9.00. The van der Waals surface area contributed by atoms with E-state index in [0.29, 0.717) is 0 Å². The van der Waals surface area contributed by atoms with Gasteiger partial charge in [-0.25, -0.2) is 9.97 Å². The number of rotatable bonds is 1. The molecule has 80 valence electrons. The predicted octanol–water partition coefficient (Wildman–Crippen LogP) is 1.67. The van der Waals surface area contributed by atoms with E-state index in [2.05, 4.69) is 20.2 Å². The van der Waals surface area contributed by atoms with Gasteiger partial charge in [-0.05, 0) is 25.1 Å². The van der Waals surface area contributed by atoms with Gasteiger partial charge >= 0.3 is 0 Å². The number of aromatic amines is 1. The van der Waals surface area contributed by atoms with Gasteiger partial charge in [0.05, 0.1) is 0 Å². The van der Waals surface area contributed by atoms with Crippen LogP contribution in [-0.2, 0) is 7.05 Å². The largest absolute Gasteiger partial charge is 0.311 e. The molecule has 0 spiro atoms. The van der Waals surface area contributed by atoms with Crippen LogP contribution >= 0.6 is 0 Å². The van der Waals surface area contributed by atoms with Gasteiger partial charge in [0, 0.05) is 18.9 Å². The van der Waals surface area contributed by atoms with Crippen LogP contribution in [0.25, 0.3) is 22.7 Å². The van der Waals surface area contributed by atoms with Gasteiger partial charge in [-0.15, -0.1) is 0 Å². The number of fused-ring (bicyclic) bond motifs is 1. The lowest BCUT2D eigenvalue weighted by Crippen LogP contribution is -1.94. The molecule has 1 N–H and O–H groups in total. The minimum atomic E-state index is 0.852. The van der Waals surface area contributed by atoms with Crippen molar-refractivity contribution in [3.8, 4) is 11.5 Å². The Labute approximate surface area is 92.2 Å². The molecule has 0 aliphatic heterocycles. The van der Waals surface area contributed by atoms with Gasteiger partial charge in [0.15, 0.2) is 11.5 Å². The summed E-state index contributed by atoms with van der Waals surface area (Å²) >= 11 is 0. The maximum Gasteiger partial charge on any atom is 0.160 e. The van der Waals surface area contributed by atoms with Crippen LogP contribution in [0.15, 0.2) is 24.4 Å². The molecule has 16 heavy (non-hydrogen) atoms. The number of nitrogens with zero attached hydrogens (tertiary/aromatic N) is 4. The molecule has 5 heteroatoms. The number of aryl methyl sites for hydroxylation is 2. The summed E-state index contributed by atoms with van der Waals surface area (Å²) < 4.78 is 1.97. The minimum Gasteiger partial charge on any atom is -0.311 e. The van der Waals surface area contributed by atoms with E-state index in [-0.39, 0.29) is 0 Å². The Morgan fingerprint density at radius 1 is 1.19 bits per heavy atom. The van der Waals surface area contributed by atoms with Gasteiger partial charge in [0.2, 0.25) is 0 Å². The Balaban J connectivity index is 2.32. The normalized spacial score (nSPS) is 11.1. The molecule has 0 aromatic carbocycles. The summed E-state index contributed by atoms with van der Waals surface area (Å²) in [5, 5.41) is 6.84. The van der Waals surface area contributed by atoms with Crippen molar-refractivity contribution in [2.75, 3.05) is 0 Å². The van der Waals surface area contributed by atoms with E-state index in [1.165, 1.54) is 0 Å². The maximum absolute atomic E-state index is 4.53. The van der Waals surface area contributed by atoms with Gasteiger partial charge in [0.25, 0.3) is 0 Å². The number of hydrogen-bond donors (Lipinski definition) is 1. The van der Waals surface area contributed by atoms with Crippen molar-refractivity contribution in [2.45, 2.75) is 6.92 Å². The SMILES string of the molecule is Cc1ccc2nc(-c3ccn[nH]3)n(C)c2n1. The van der Waals surface area contributed by atoms with E-state index >= 15 is 0 Å². The standard InChI is InChI=1S/C11H11N5/c1-7-3-4-8-10(13-7)16(2)11(14-8)9-5-6-12-15-9/h3-6H,1-2H3,(H,12,15). The minimum absolute atomic E-state index is 0.852. The summed E-state index contributed by atoms with van der Waals surface area (Å²) in [5.74, 6) is 0.852.